The van der Waals surface area contributed by atoms with Gasteiger partial charge in [-0.3, -0.25) is 0 Å². The number of amides is 2. The second kappa shape index (κ2) is 11.1. The number of anilines is 3. The SMILES string of the molecule is O=C(Nc1ccccc1)Nc1ccc(-c2nc(N3CCOCC3)c3ncn(CCC4OCCO4)c3n2)cc1. The van der Waals surface area contributed by atoms with Gasteiger partial charge in [0, 0.05) is 43.0 Å². The lowest BCUT2D eigenvalue weighted by Crippen LogP contribution is -2.37. The largest absolute Gasteiger partial charge is 0.378 e. The number of hydrogen-bond acceptors (Lipinski definition) is 8. The summed E-state index contributed by atoms with van der Waals surface area (Å²) in [6.07, 6.45) is 2.32. The van der Waals surface area contributed by atoms with Crippen molar-refractivity contribution in [2.24, 2.45) is 0 Å². The van der Waals surface area contributed by atoms with E-state index in [1.807, 2.05) is 59.2 Å². The van der Waals surface area contributed by atoms with E-state index in [0.29, 0.717) is 50.9 Å². The van der Waals surface area contributed by atoms with Gasteiger partial charge in [0.2, 0.25) is 0 Å². The van der Waals surface area contributed by atoms with Crippen molar-refractivity contribution in [3.8, 4) is 11.4 Å². The summed E-state index contributed by atoms with van der Waals surface area (Å²) in [4.78, 5) is 29.1. The number of carbonyl (C=O) groups excluding carboxylic acids is 1. The number of rotatable bonds is 7. The molecule has 0 bridgehead atoms. The highest BCUT2D eigenvalue weighted by molar-refractivity contribution is 5.99. The number of aryl methyl sites for hydroxylation is 1. The molecular weight excluding hydrogens is 486 g/mol. The average molecular weight is 516 g/mol. The molecule has 11 heteroatoms. The van der Waals surface area contributed by atoms with Crippen LogP contribution in [-0.4, -0.2) is 71.4 Å². The van der Waals surface area contributed by atoms with Gasteiger partial charge in [0.15, 0.2) is 29.1 Å². The van der Waals surface area contributed by atoms with Gasteiger partial charge >= 0.3 is 6.03 Å². The number of nitrogens with zero attached hydrogens (tertiary/aromatic N) is 5. The summed E-state index contributed by atoms with van der Waals surface area (Å²) in [6, 6.07) is 16.5. The first-order valence-electron chi connectivity index (χ1n) is 12.8. The highest BCUT2D eigenvalue weighted by Gasteiger charge is 2.22. The van der Waals surface area contributed by atoms with E-state index in [1.54, 1.807) is 6.33 Å². The highest BCUT2D eigenvalue weighted by Crippen LogP contribution is 2.28. The molecule has 6 rings (SSSR count). The number of morpholine rings is 1. The summed E-state index contributed by atoms with van der Waals surface area (Å²) in [7, 11) is 0. The number of aromatic nitrogens is 4. The molecule has 38 heavy (non-hydrogen) atoms. The lowest BCUT2D eigenvalue weighted by Gasteiger charge is -2.28. The molecule has 2 aromatic carbocycles. The molecule has 2 saturated heterocycles. The number of imidazole rings is 1. The zero-order valence-electron chi connectivity index (χ0n) is 20.9. The maximum absolute atomic E-state index is 12.4. The van der Waals surface area contributed by atoms with E-state index in [2.05, 4.69) is 20.5 Å². The number of ether oxygens (including phenoxy) is 3. The van der Waals surface area contributed by atoms with Gasteiger partial charge in [-0.15, -0.1) is 0 Å². The Balaban J connectivity index is 1.25. The third-order valence-corrected chi connectivity index (χ3v) is 6.49. The Kier molecular flexibility index (Phi) is 7.12. The van der Waals surface area contributed by atoms with E-state index in [1.165, 1.54) is 0 Å². The van der Waals surface area contributed by atoms with Crippen LogP contribution in [-0.2, 0) is 20.8 Å². The molecule has 2 fully saturated rings. The van der Waals surface area contributed by atoms with Crippen molar-refractivity contribution < 1.29 is 19.0 Å². The van der Waals surface area contributed by atoms with Crippen LogP contribution < -0.4 is 15.5 Å². The minimum atomic E-state index is -0.310. The molecule has 0 saturated carbocycles. The molecule has 11 nitrogen and oxygen atoms in total. The van der Waals surface area contributed by atoms with E-state index in [4.69, 9.17) is 24.2 Å². The maximum atomic E-state index is 12.4. The zero-order valence-corrected chi connectivity index (χ0v) is 20.9. The van der Waals surface area contributed by atoms with Crippen LogP contribution in [0, 0.1) is 0 Å². The predicted molar refractivity (Wildman–Crippen MR) is 143 cm³/mol. The number of benzene rings is 2. The quantitative estimate of drug-likeness (QED) is 0.383. The van der Waals surface area contributed by atoms with Gasteiger partial charge in [-0.05, 0) is 36.4 Å². The third kappa shape index (κ3) is 5.44. The second-order valence-electron chi connectivity index (χ2n) is 9.06. The van der Waals surface area contributed by atoms with E-state index in [9.17, 15) is 4.79 Å². The second-order valence-corrected chi connectivity index (χ2v) is 9.06. The fraction of sp³-hybridized carbons (Fsp3) is 0.333. The van der Waals surface area contributed by atoms with Crippen molar-refractivity contribution in [3.63, 3.8) is 0 Å². The number of para-hydroxylation sites is 1. The zero-order chi connectivity index (χ0) is 25.7. The summed E-state index contributed by atoms with van der Waals surface area (Å²) in [5.74, 6) is 1.39. The van der Waals surface area contributed by atoms with Gasteiger partial charge in [-0.2, -0.15) is 0 Å². The first-order chi connectivity index (χ1) is 18.7. The van der Waals surface area contributed by atoms with Gasteiger partial charge in [0.1, 0.15) is 0 Å². The molecule has 0 radical (unpaired) electrons. The molecule has 0 aliphatic carbocycles. The van der Waals surface area contributed by atoms with Crippen LogP contribution in [0.15, 0.2) is 60.9 Å². The summed E-state index contributed by atoms with van der Waals surface area (Å²) >= 11 is 0. The number of fused-ring (bicyclic) bond motifs is 1. The van der Waals surface area contributed by atoms with Gasteiger partial charge in [0.25, 0.3) is 0 Å². The predicted octanol–water partition coefficient (Wildman–Crippen LogP) is 3.74. The van der Waals surface area contributed by atoms with Crippen LogP contribution >= 0.6 is 0 Å². The van der Waals surface area contributed by atoms with Crippen LogP contribution in [0.25, 0.3) is 22.6 Å². The summed E-state index contributed by atoms with van der Waals surface area (Å²) in [5.41, 5.74) is 3.75. The Hall–Kier alpha value is -4.06. The van der Waals surface area contributed by atoms with Gasteiger partial charge < -0.3 is 34.3 Å². The molecule has 0 spiro atoms. The Morgan fingerprint density at radius 2 is 1.61 bits per heavy atom. The molecule has 2 aliphatic heterocycles. The number of urea groups is 1. The van der Waals surface area contributed by atoms with Gasteiger partial charge in [-0.1, -0.05) is 18.2 Å². The minimum Gasteiger partial charge on any atom is -0.378 e. The Morgan fingerprint density at radius 3 is 2.34 bits per heavy atom. The molecule has 4 aromatic rings. The smallest absolute Gasteiger partial charge is 0.323 e. The van der Waals surface area contributed by atoms with Crippen molar-refractivity contribution in [2.45, 2.75) is 19.3 Å². The number of nitrogens with one attached hydrogen (secondary N) is 2. The highest BCUT2D eigenvalue weighted by atomic mass is 16.7. The molecule has 0 atom stereocenters. The molecule has 196 valence electrons. The monoisotopic (exact) mass is 515 g/mol. The molecule has 2 amide bonds. The van der Waals surface area contributed by atoms with Crippen LogP contribution in [0.5, 0.6) is 0 Å². The maximum Gasteiger partial charge on any atom is 0.323 e. The van der Waals surface area contributed by atoms with E-state index in [0.717, 1.165) is 41.3 Å². The molecule has 4 heterocycles. The van der Waals surface area contributed by atoms with Crippen LogP contribution in [0.2, 0.25) is 0 Å². The lowest BCUT2D eigenvalue weighted by atomic mass is 10.2. The van der Waals surface area contributed by atoms with Crippen molar-refractivity contribution in [3.05, 3.63) is 60.9 Å². The Morgan fingerprint density at radius 1 is 0.895 bits per heavy atom. The third-order valence-electron chi connectivity index (χ3n) is 6.49. The van der Waals surface area contributed by atoms with E-state index >= 15 is 0 Å². The summed E-state index contributed by atoms with van der Waals surface area (Å²) < 4.78 is 18.8. The Labute approximate surface area is 219 Å². The first-order valence-corrected chi connectivity index (χ1v) is 12.8. The summed E-state index contributed by atoms with van der Waals surface area (Å²) in [5, 5.41) is 5.68. The molecule has 2 aliphatic rings. The minimum absolute atomic E-state index is 0.202. The standard InChI is InChI=1S/C27H29N7O4/c35-27(29-20-4-2-1-3-5-20)30-21-8-6-19(7-9-21)24-31-25(33-12-14-36-15-13-33)23-26(32-24)34(18-28-23)11-10-22-37-16-17-38-22/h1-9,18,22H,10-17H2,(H2,29,30,35). The topological polar surface area (TPSA) is 116 Å². The number of hydrogen-bond donors (Lipinski definition) is 2. The van der Waals surface area contributed by atoms with Crippen molar-refractivity contribution >= 4 is 34.4 Å². The van der Waals surface area contributed by atoms with E-state index < -0.39 is 0 Å². The molecule has 2 aromatic heterocycles. The Bertz CT molecular complexity index is 1380. The first kappa shape index (κ1) is 24.3. The fourth-order valence-corrected chi connectivity index (χ4v) is 4.55. The molecule has 0 unspecified atom stereocenters. The lowest BCUT2D eigenvalue weighted by molar-refractivity contribution is -0.0489. The van der Waals surface area contributed by atoms with Crippen LogP contribution in [0.3, 0.4) is 0 Å². The van der Waals surface area contributed by atoms with Gasteiger partial charge in [-0.25, -0.2) is 19.7 Å². The molecule has 2 N–H and O–H groups in total. The van der Waals surface area contributed by atoms with Crippen LogP contribution in [0.4, 0.5) is 22.0 Å². The fourth-order valence-electron chi connectivity index (χ4n) is 4.55. The average Bonchev–Trinajstić information content (AvgIpc) is 3.63. The van der Waals surface area contributed by atoms with Gasteiger partial charge in [0.05, 0.1) is 32.8 Å². The van der Waals surface area contributed by atoms with Crippen molar-refractivity contribution in [1.29, 1.82) is 0 Å². The normalized spacial score (nSPS) is 16.2. The van der Waals surface area contributed by atoms with Crippen molar-refractivity contribution in [2.75, 3.05) is 55.1 Å². The van der Waals surface area contributed by atoms with E-state index in [-0.39, 0.29) is 12.3 Å². The molecular formula is C27H29N7O4. The number of carbonyl (C=O) groups is 1. The van der Waals surface area contributed by atoms with Crippen molar-refractivity contribution in [1.82, 2.24) is 19.5 Å². The van der Waals surface area contributed by atoms with Crippen LogP contribution in [0.1, 0.15) is 6.42 Å². The summed E-state index contributed by atoms with van der Waals surface area (Å²) in [6.45, 7) is 4.68.